The fourth-order valence-electron chi connectivity index (χ4n) is 0.990. The van der Waals surface area contributed by atoms with Gasteiger partial charge in [-0.1, -0.05) is 0 Å². The molecule has 5 nitrogen and oxygen atoms in total. The molecule has 0 aromatic carbocycles. The van der Waals surface area contributed by atoms with Crippen LogP contribution in [-0.4, -0.2) is 32.1 Å². The number of rotatable bonds is 2. The van der Waals surface area contributed by atoms with Crippen molar-refractivity contribution < 1.29 is 14.3 Å². The van der Waals surface area contributed by atoms with E-state index in [2.05, 4.69) is 10.1 Å². The first-order valence-electron chi connectivity index (χ1n) is 3.22. The maximum Gasteiger partial charge on any atom is 0.324 e. The van der Waals surface area contributed by atoms with Gasteiger partial charge in [0.05, 0.1) is 7.11 Å². The summed E-state index contributed by atoms with van der Waals surface area (Å²) >= 11 is 0. The van der Waals surface area contributed by atoms with E-state index in [0.29, 0.717) is 0 Å². The van der Waals surface area contributed by atoms with Gasteiger partial charge in [-0.2, -0.15) is 0 Å². The van der Waals surface area contributed by atoms with Crippen LogP contribution in [0.4, 0.5) is 0 Å². The van der Waals surface area contributed by atoms with Crippen molar-refractivity contribution in [2.75, 3.05) is 20.2 Å². The van der Waals surface area contributed by atoms with E-state index in [1.165, 1.54) is 7.11 Å². The maximum atomic E-state index is 11.0. The summed E-state index contributed by atoms with van der Waals surface area (Å²) in [5.74, 6) is -1.17. The summed E-state index contributed by atoms with van der Waals surface area (Å²) in [6, 6.07) is 0. The molecule has 1 aliphatic heterocycles. The lowest BCUT2D eigenvalue weighted by Crippen LogP contribution is -2.65. The largest absolute Gasteiger partial charge is 0.468 e. The summed E-state index contributed by atoms with van der Waals surface area (Å²) in [6.45, 7) is 0.573. The molecule has 0 aromatic heterocycles. The Morgan fingerprint density at radius 3 is 2.18 bits per heavy atom. The molecular formula is C6H10N2O3. The topological polar surface area (TPSA) is 81.4 Å². The number of carbonyl (C=O) groups excluding carboxylic acids is 2. The molecule has 1 saturated heterocycles. The number of ether oxygens (including phenoxy) is 1. The van der Waals surface area contributed by atoms with Gasteiger partial charge in [0.1, 0.15) is 0 Å². The van der Waals surface area contributed by atoms with Crippen molar-refractivity contribution in [3.63, 3.8) is 0 Å². The molecule has 0 aliphatic carbocycles. The molecule has 1 amide bonds. The highest BCUT2D eigenvalue weighted by Crippen LogP contribution is 2.23. The Morgan fingerprint density at radius 2 is 2.09 bits per heavy atom. The number of primary amides is 1. The standard InChI is InChI=1S/C6H10N2O3/c1-11-5(10)6(4(7)9)2-8-3-6/h8H,2-3H2,1H3,(H2,7,9). The highest BCUT2D eigenvalue weighted by atomic mass is 16.5. The molecule has 0 aromatic rings. The van der Waals surface area contributed by atoms with Crippen LogP contribution < -0.4 is 11.1 Å². The second-order valence-corrected chi connectivity index (χ2v) is 2.54. The van der Waals surface area contributed by atoms with Gasteiger partial charge in [0, 0.05) is 13.1 Å². The van der Waals surface area contributed by atoms with Crippen LogP contribution in [0.1, 0.15) is 0 Å². The van der Waals surface area contributed by atoms with E-state index in [1.807, 2.05) is 0 Å². The number of amides is 1. The van der Waals surface area contributed by atoms with E-state index < -0.39 is 17.3 Å². The Labute approximate surface area is 63.9 Å². The number of nitrogens with one attached hydrogen (secondary N) is 1. The van der Waals surface area contributed by atoms with Crippen molar-refractivity contribution in [1.82, 2.24) is 5.32 Å². The lowest BCUT2D eigenvalue weighted by Gasteiger charge is -2.36. The third kappa shape index (κ3) is 0.970. The maximum absolute atomic E-state index is 11.0. The third-order valence-corrected chi connectivity index (χ3v) is 1.90. The summed E-state index contributed by atoms with van der Waals surface area (Å²) in [5.41, 5.74) is 3.93. The molecule has 0 spiro atoms. The van der Waals surface area contributed by atoms with Gasteiger partial charge in [0.2, 0.25) is 5.91 Å². The number of esters is 1. The molecule has 5 heteroatoms. The van der Waals surface area contributed by atoms with Crippen LogP contribution in [0, 0.1) is 5.41 Å². The quantitative estimate of drug-likeness (QED) is 0.368. The minimum atomic E-state index is -1.10. The summed E-state index contributed by atoms with van der Waals surface area (Å²) in [4.78, 5) is 21.8. The predicted octanol–water partition coefficient (Wildman–Crippen LogP) is -1.77. The van der Waals surface area contributed by atoms with Crippen molar-refractivity contribution in [2.45, 2.75) is 0 Å². The normalized spacial score (nSPS) is 20.1. The Morgan fingerprint density at radius 1 is 1.55 bits per heavy atom. The summed E-state index contributed by atoms with van der Waals surface area (Å²) in [6.07, 6.45) is 0. The molecule has 0 unspecified atom stereocenters. The van der Waals surface area contributed by atoms with Crippen molar-refractivity contribution in [3.05, 3.63) is 0 Å². The van der Waals surface area contributed by atoms with Gasteiger partial charge in [-0.05, 0) is 0 Å². The highest BCUT2D eigenvalue weighted by Gasteiger charge is 2.51. The number of carbonyl (C=O) groups is 2. The first kappa shape index (κ1) is 8.00. The van der Waals surface area contributed by atoms with Gasteiger partial charge >= 0.3 is 5.97 Å². The molecule has 0 bridgehead atoms. The van der Waals surface area contributed by atoms with Gasteiger partial charge in [0.25, 0.3) is 0 Å². The zero-order valence-corrected chi connectivity index (χ0v) is 6.22. The fourth-order valence-corrected chi connectivity index (χ4v) is 0.990. The summed E-state index contributed by atoms with van der Waals surface area (Å²) in [5, 5.41) is 2.80. The van der Waals surface area contributed by atoms with Crippen molar-refractivity contribution in [1.29, 1.82) is 0 Å². The molecule has 11 heavy (non-hydrogen) atoms. The van der Waals surface area contributed by atoms with Crippen molar-refractivity contribution >= 4 is 11.9 Å². The first-order chi connectivity index (χ1) is 5.13. The Bertz CT molecular complexity index is 198. The Balaban J connectivity index is 2.75. The van der Waals surface area contributed by atoms with E-state index in [0.717, 1.165) is 0 Å². The molecule has 0 atom stereocenters. The van der Waals surface area contributed by atoms with Gasteiger partial charge in [-0.3, -0.25) is 9.59 Å². The SMILES string of the molecule is COC(=O)C1(C(N)=O)CNC1. The minimum Gasteiger partial charge on any atom is -0.468 e. The van der Waals surface area contributed by atoms with E-state index >= 15 is 0 Å². The lowest BCUT2D eigenvalue weighted by molar-refractivity contribution is -0.161. The van der Waals surface area contributed by atoms with E-state index in [1.54, 1.807) is 0 Å². The zero-order chi connectivity index (χ0) is 8.48. The van der Waals surface area contributed by atoms with Crippen LogP contribution in [-0.2, 0) is 14.3 Å². The highest BCUT2D eigenvalue weighted by molar-refractivity contribution is 6.03. The Hall–Kier alpha value is -1.10. The Kier molecular flexibility index (Phi) is 1.82. The lowest BCUT2D eigenvalue weighted by atomic mass is 9.81. The number of nitrogens with two attached hydrogens (primary N) is 1. The summed E-state index contributed by atoms with van der Waals surface area (Å²) < 4.78 is 4.44. The summed E-state index contributed by atoms with van der Waals surface area (Å²) in [7, 11) is 1.24. The van der Waals surface area contributed by atoms with Crippen LogP contribution in [0.2, 0.25) is 0 Å². The van der Waals surface area contributed by atoms with Crippen LogP contribution in [0.25, 0.3) is 0 Å². The van der Waals surface area contributed by atoms with Crippen LogP contribution in [0.15, 0.2) is 0 Å². The molecule has 1 aliphatic rings. The second-order valence-electron chi connectivity index (χ2n) is 2.54. The first-order valence-corrected chi connectivity index (χ1v) is 3.22. The van der Waals surface area contributed by atoms with Crippen LogP contribution in [0.3, 0.4) is 0 Å². The van der Waals surface area contributed by atoms with Gasteiger partial charge in [0.15, 0.2) is 5.41 Å². The molecule has 0 saturated carbocycles. The molecule has 3 N–H and O–H groups in total. The van der Waals surface area contributed by atoms with E-state index in [4.69, 9.17) is 5.73 Å². The number of hydrogen-bond donors (Lipinski definition) is 2. The zero-order valence-electron chi connectivity index (χ0n) is 6.22. The average Bonchev–Trinajstić information content (AvgIpc) is 1.84. The molecular weight excluding hydrogens is 148 g/mol. The molecule has 62 valence electrons. The van der Waals surface area contributed by atoms with Gasteiger partial charge in [-0.25, -0.2) is 0 Å². The monoisotopic (exact) mass is 158 g/mol. The van der Waals surface area contributed by atoms with Gasteiger partial charge in [-0.15, -0.1) is 0 Å². The number of methoxy groups -OCH3 is 1. The van der Waals surface area contributed by atoms with Crippen LogP contribution >= 0.6 is 0 Å². The van der Waals surface area contributed by atoms with E-state index in [-0.39, 0.29) is 13.1 Å². The smallest absolute Gasteiger partial charge is 0.324 e. The van der Waals surface area contributed by atoms with E-state index in [9.17, 15) is 9.59 Å². The average molecular weight is 158 g/mol. The fraction of sp³-hybridized carbons (Fsp3) is 0.667. The minimum absolute atomic E-state index is 0.287. The van der Waals surface area contributed by atoms with Crippen molar-refractivity contribution in [2.24, 2.45) is 11.1 Å². The molecule has 0 radical (unpaired) electrons. The van der Waals surface area contributed by atoms with Crippen LogP contribution in [0.5, 0.6) is 0 Å². The van der Waals surface area contributed by atoms with Gasteiger partial charge < -0.3 is 15.8 Å². The molecule has 1 fully saturated rings. The molecule has 1 rings (SSSR count). The second kappa shape index (κ2) is 2.50. The molecule has 1 heterocycles. The van der Waals surface area contributed by atoms with Crippen molar-refractivity contribution in [3.8, 4) is 0 Å². The third-order valence-electron chi connectivity index (χ3n) is 1.90. The predicted molar refractivity (Wildman–Crippen MR) is 36.5 cm³/mol. The number of hydrogen-bond acceptors (Lipinski definition) is 4.